The molecule has 0 radical (unpaired) electrons. The minimum absolute atomic E-state index is 0.331. The summed E-state index contributed by atoms with van der Waals surface area (Å²) < 4.78 is 0. The lowest BCUT2D eigenvalue weighted by Crippen LogP contribution is -2.04. The van der Waals surface area contributed by atoms with E-state index in [2.05, 4.69) is 21.9 Å². The third-order valence-electron chi connectivity index (χ3n) is 1.59. The normalized spacial score (nSPS) is 11.4. The van der Waals surface area contributed by atoms with Gasteiger partial charge in [0, 0.05) is 12.9 Å². The first-order valence-electron chi connectivity index (χ1n) is 4.68. The van der Waals surface area contributed by atoms with Gasteiger partial charge in [0.1, 0.15) is 0 Å². The summed E-state index contributed by atoms with van der Waals surface area (Å²) in [4.78, 5) is 14.0. The first-order valence-corrected chi connectivity index (χ1v) is 5.44. The number of carbonyl (C=O) groups is 1. The van der Waals surface area contributed by atoms with Gasteiger partial charge >= 0.3 is 5.97 Å². The molecule has 0 spiro atoms. The van der Waals surface area contributed by atoms with Crippen LogP contribution in [0.4, 0.5) is 0 Å². The zero-order chi connectivity index (χ0) is 12.2. The Bertz CT molecular complexity index is 309. The summed E-state index contributed by atoms with van der Waals surface area (Å²) in [6.45, 7) is 1.99. The molecule has 0 atom stereocenters. The second kappa shape index (κ2) is 9.98. The van der Waals surface area contributed by atoms with Crippen LogP contribution in [0.15, 0.2) is 35.3 Å². The van der Waals surface area contributed by atoms with Gasteiger partial charge in [-0.2, -0.15) is 0 Å². The smallest absolute Gasteiger partial charge is 0.335 e. The fourth-order valence-corrected chi connectivity index (χ4v) is 0.903. The first kappa shape index (κ1) is 14.5. The highest BCUT2D eigenvalue weighted by molar-refractivity contribution is 6.15. The number of aliphatic imine (C=N–C) groups is 1. The third kappa shape index (κ3) is 6.84. The molecule has 0 bridgehead atoms. The van der Waals surface area contributed by atoms with Crippen LogP contribution in [0.1, 0.15) is 10.4 Å². The topological polar surface area (TPSA) is 61.7 Å². The van der Waals surface area contributed by atoms with Gasteiger partial charge < -0.3 is 10.4 Å². The standard InChI is InChI=1S/C7H6O2.C3H6N2.CH3Cl/c8-7(9)6-4-2-1-3-5-6;1-2-5-3-4-1;1-2/h1-5H,(H,8,9);3H,1-2H2,(H,4,5);1H3. The lowest BCUT2D eigenvalue weighted by molar-refractivity contribution is 0.0697. The maximum absolute atomic E-state index is 10.2. The molecule has 16 heavy (non-hydrogen) atoms. The molecule has 88 valence electrons. The van der Waals surface area contributed by atoms with E-state index in [4.69, 9.17) is 5.11 Å². The summed E-state index contributed by atoms with van der Waals surface area (Å²) in [6.07, 6.45) is 3.21. The minimum Gasteiger partial charge on any atom is -0.478 e. The van der Waals surface area contributed by atoms with Crippen molar-refractivity contribution in [3.8, 4) is 0 Å². The quantitative estimate of drug-likeness (QED) is 0.739. The second-order valence-corrected chi connectivity index (χ2v) is 2.66. The summed E-state index contributed by atoms with van der Waals surface area (Å²) in [5, 5.41) is 11.3. The number of nitrogens with zero attached hydrogens (tertiary/aromatic N) is 1. The number of nitrogens with one attached hydrogen (secondary N) is 1. The molecule has 0 saturated heterocycles. The molecule has 0 unspecified atom stereocenters. The van der Waals surface area contributed by atoms with Crippen LogP contribution in [0.3, 0.4) is 0 Å². The zero-order valence-electron chi connectivity index (χ0n) is 9.06. The van der Waals surface area contributed by atoms with E-state index in [0.29, 0.717) is 5.56 Å². The molecule has 1 aliphatic heterocycles. The van der Waals surface area contributed by atoms with Gasteiger partial charge in [0.25, 0.3) is 0 Å². The Morgan fingerprint density at radius 3 is 2.25 bits per heavy atom. The highest BCUT2D eigenvalue weighted by atomic mass is 35.5. The lowest BCUT2D eigenvalue weighted by atomic mass is 10.2. The van der Waals surface area contributed by atoms with Gasteiger partial charge in [-0.1, -0.05) is 18.2 Å². The van der Waals surface area contributed by atoms with E-state index >= 15 is 0 Å². The molecular formula is C11H15ClN2O2. The Labute approximate surface area is 100.0 Å². The van der Waals surface area contributed by atoms with Crippen molar-refractivity contribution < 1.29 is 9.90 Å². The van der Waals surface area contributed by atoms with E-state index in [1.807, 2.05) is 0 Å². The van der Waals surface area contributed by atoms with E-state index in [9.17, 15) is 4.79 Å². The molecule has 0 saturated carbocycles. The second-order valence-electron chi connectivity index (χ2n) is 2.66. The molecule has 1 aromatic rings. The average molecular weight is 243 g/mol. The van der Waals surface area contributed by atoms with Gasteiger partial charge in [0.05, 0.1) is 18.4 Å². The highest BCUT2D eigenvalue weighted by Gasteiger charge is 1.96. The van der Waals surface area contributed by atoms with Gasteiger partial charge in [0.2, 0.25) is 0 Å². The van der Waals surface area contributed by atoms with Crippen LogP contribution >= 0.6 is 11.6 Å². The van der Waals surface area contributed by atoms with Crippen molar-refractivity contribution in [2.45, 2.75) is 0 Å². The molecule has 0 amide bonds. The molecule has 1 aliphatic rings. The first-order chi connectivity index (χ1) is 7.80. The van der Waals surface area contributed by atoms with Crippen LogP contribution in [-0.4, -0.2) is 36.9 Å². The Kier molecular flexibility index (Phi) is 9.02. The summed E-state index contributed by atoms with van der Waals surface area (Å²) in [6, 6.07) is 8.30. The molecule has 1 heterocycles. The number of carboxylic acid groups (broad SMARTS) is 1. The molecule has 5 heteroatoms. The molecule has 1 aromatic carbocycles. The number of aromatic carboxylic acids is 1. The number of benzene rings is 1. The molecule has 0 fully saturated rings. The number of hydrogen-bond acceptors (Lipinski definition) is 3. The van der Waals surface area contributed by atoms with Gasteiger partial charge in [-0.15, -0.1) is 11.6 Å². The Hall–Kier alpha value is -1.55. The predicted molar refractivity (Wildman–Crippen MR) is 66.5 cm³/mol. The van der Waals surface area contributed by atoms with Crippen molar-refractivity contribution in [1.29, 1.82) is 0 Å². The summed E-state index contributed by atoms with van der Waals surface area (Å²) in [5.74, 6) is -0.879. The van der Waals surface area contributed by atoms with Crippen LogP contribution in [0.2, 0.25) is 0 Å². The van der Waals surface area contributed by atoms with Crippen LogP contribution in [0, 0.1) is 0 Å². The van der Waals surface area contributed by atoms with Crippen molar-refractivity contribution in [2.24, 2.45) is 4.99 Å². The maximum atomic E-state index is 10.2. The number of alkyl halides is 1. The van der Waals surface area contributed by atoms with E-state index in [1.165, 1.54) is 6.38 Å². The van der Waals surface area contributed by atoms with Crippen molar-refractivity contribution in [2.75, 3.05) is 19.5 Å². The van der Waals surface area contributed by atoms with Gasteiger partial charge in [-0.05, 0) is 12.1 Å². The monoisotopic (exact) mass is 242 g/mol. The van der Waals surface area contributed by atoms with E-state index in [-0.39, 0.29) is 0 Å². The van der Waals surface area contributed by atoms with Gasteiger partial charge in [0.15, 0.2) is 0 Å². The number of rotatable bonds is 1. The summed E-state index contributed by atoms with van der Waals surface area (Å²) in [5.41, 5.74) is 0.331. The fourth-order valence-electron chi connectivity index (χ4n) is 0.903. The Morgan fingerprint density at radius 1 is 1.38 bits per heavy atom. The molecule has 2 rings (SSSR count). The predicted octanol–water partition coefficient (Wildman–Crippen LogP) is 1.86. The van der Waals surface area contributed by atoms with Crippen LogP contribution in [0.5, 0.6) is 0 Å². The number of hydrogen-bond donors (Lipinski definition) is 2. The lowest BCUT2D eigenvalue weighted by Gasteiger charge is -1.88. The molecule has 0 aromatic heterocycles. The molecule has 4 nitrogen and oxygen atoms in total. The number of carboxylic acids is 1. The largest absolute Gasteiger partial charge is 0.478 e. The molecule has 2 N–H and O–H groups in total. The van der Waals surface area contributed by atoms with Crippen LogP contribution in [0.25, 0.3) is 0 Å². The Balaban J connectivity index is 0.000000272. The van der Waals surface area contributed by atoms with Crippen LogP contribution < -0.4 is 5.32 Å². The maximum Gasteiger partial charge on any atom is 0.335 e. The fraction of sp³-hybridized carbons (Fsp3) is 0.273. The van der Waals surface area contributed by atoms with Crippen molar-refractivity contribution >= 4 is 23.9 Å². The molecule has 0 aliphatic carbocycles. The van der Waals surface area contributed by atoms with E-state index in [1.54, 1.807) is 36.7 Å². The SMILES string of the molecule is C1=NCCN1.CCl.O=C(O)c1ccccc1. The zero-order valence-corrected chi connectivity index (χ0v) is 9.81. The summed E-state index contributed by atoms with van der Waals surface area (Å²) in [7, 11) is 0. The number of halogens is 1. The van der Waals surface area contributed by atoms with Crippen LogP contribution in [-0.2, 0) is 0 Å². The van der Waals surface area contributed by atoms with Gasteiger partial charge in [-0.25, -0.2) is 4.79 Å². The van der Waals surface area contributed by atoms with Crippen molar-refractivity contribution in [3.05, 3.63) is 35.9 Å². The highest BCUT2D eigenvalue weighted by Crippen LogP contribution is 1.96. The van der Waals surface area contributed by atoms with Crippen molar-refractivity contribution in [1.82, 2.24) is 5.32 Å². The summed E-state index contributed by atoms with van der Waals surface area (Å²) >= 11 is 4.64. The Morgan fingerprint density at radius 2 is 2.00 bits per heavy atom. The molecular weight excluding hydrogens is 228 g/mol. The van der Waals surface area contributed by atoms with E-state index in [0.717, 1.165) is 13.1 Å². The van der Waals surface area contributed by atoms with Gasteiger partial charge in [-0.3, -0.25) is 4.99 Å². The average Bonchev–Trinajstić information content (AvgIpc) is 2.91. The minimum atomic E-state index is -0.879. The van der Waals surface area contributed by atoms with E-state index < -0.39 is 5.97 Å². The van der Waals surface area contributed by atoms with Crippen molar-refractivity contribution in [3.63, 3.8) is 0 Å². The third-order valence-corrected chi connectivity index (χ3v) is 1.59.